The minimum atomic E-state index is 0.0190. The Kier molecular flexibility index (Phi) is 4.07. The molecule has 4 heteroatoms. The third kappa shape index (κ3) is 2.81. The molecule has 1 amide bonds. The van der Waals surface area contributed by atoms with Crippen molar-refractivity contribution in [3.05, 3.63) is 24.4 Å². The van der Waals surface area contributed by atoms with Crippen molar-refractivity contribution in [3.63, 3.8) is 0 Å². The summed E-state index contributed by atoms with van der Waals surface area (Å²) in [5.74, 6) is 0.695. The molecule has 0 bridgehead atoms. The van der Waals surface area contributed by atoms with Gasteiger partial charge in [0.2, 0.25) is 5.91 Å². The number of anilines is 1. The van der Waals surface area contributed by atoms with E-state index < -0.39 is 0 Å². The lowest BCUT2D eigenvalue weighted by atomic mass is 10.4. The zero-order valence-corrected chi connectivity index (χ0v) is 8.53. The van der Waals surface area contributed by atoms with Gasteiger partial charge in [-0.2, -0.15) is 0 Å². The highest BCUT2D eigenvalue weighted by molar-refractivity contribution is 5.93. The molecule has 0 spiro atoms. The summed E-state index contributed by atoms with van der Waals surface area (Å²) in [4.78, 5) is 17.2. The summed E-state index contributed by atoms with van der Waals surface area (Å²) in [5, 5.41) is 2.98. The van der Waals surface area contributed by atoms with Crippen LogP contribution < -0.4 is 10.2 Å². The molecule has 0 atom stereocenters. The molecule has 4 nitrogen and oxygen atoms in total. The first-order valence-electron chi connectivity index (χ1n) is 4.64. The standard InChI is InChI=1S/C10H15N3O/c1-3-11-8-10(14)13(2)9-6-4-5-7-12-9/h4-7,11H,3,8H2,1-2H3. The maximum Gasteiger partial charge on any atom is 0.241 e. The number of nitrogens with zero attached hydrogens (tertiary/aromatic N) is 2. The lowest BCUT2D eigenvalue weighted by Crippen LogP contribution is -2.35. The third-order valence-electron chi connectivity index (χ3n) is 1.89. The first-order chi connectivity index (χ1) is 6.75. The van der Waals surface area contributed by atoms with Crippen LogP contribution in [-0.2, 0) is 4.79 Å². The van der Waals surface area contributed by atoms with E-state index >= 15 is 0 Å². The Labute approximate surface area is 83.9 Å². The van der Waals surface area contributed by atoms with Crippen molar-refractivity contribution >= 4 is 11.7 Å². The number of carbonyl (C=O) groups is 1. The fourth-order valence-corrected chi connectivity index (χ4v) is 1.03. The van der Waals surface area contributed by atoms with Gasteiger partial charge in [0, 0.05) is 13.2 Å². The number of pyridine rings is 1. The molecule has 14 heavy (non-hydrogen) atoms. The summed E-state index contributed by atoms with van der Waals surface area (Å²) >= 11 is 0. The molecular weight excluding hydrogens is 178 g/mol. The van der Waals surface area contributed by atoms with Gasteiger partial charge < -0.3 is 5.32 Å². The smallest absolute Gasteiger partial charge is 0.241 e. The Morgan fingerprint density at radius 3 is 2.93 bits per heavy atom. The minimum absolute atomic E-state index is 0.0190. The number of rotatable bonds is 4. The normalized spacial score (nSPS) is 9.86. The SMILES string of the molecule is CCNCC(=O)N(C)c1ccccn1. The van der Waals surface area contributed by atoms with Gasteiger partial charge in [0.15, 0.2) is 0 Å². The summed E-state index contributed by atoms with van der Waals surface area (Å²) in [6, 6.07) is 5.50. The Balaban J connectivity index is 2.57. The van der Waals surface area contributed by atoms with Crippen LogP contribution >= 0.6 is 0 Å². The van der Waals surface area contributed by atoms with Crippen LogP contribution in [-0.4, -0.2) is 31.0 Å². The maximum atomic E-state index is 11.5. The zero-order valence-electron chi connectivity index (χ0n) is 8.53. The van der Waals surface area contributed by atoms with E-state index in [9.17, 15) is 4.79 Å². The van der Waals surface area contributed by atoms with E-state index in [1.165, 1.54) is 0 Å². The summed E-state index contributed by atoms with van der Waals surface area (Å²) in [7, 11) is 1.72. The van der Waals surface area contributed by atoms with Crippen molar-refractivity contribution in [1.29, 1.82) is 0 Å². The quantitative estimate of drug-likeness (QED) is 0.763. The largest absolute Gasteiger partial charge is 0.309 e. The molecular formula is C10H15N3O. The van der Waals surface area contributed by atoms with Crippen molar-refractivity contribution in [2.45, 2.75) is 6.92 Å². The maximum absolute atomic E-state index is 11.5. The zero-order chi connectivity index (χ0) is 10.4. The predicted molar refractivity (Wildman–Crippen MR) is 56.2 cm³/mol. The highest BCUT2D eigenvalue weighted by Crippen LogP contribution is 2.05. The monoisotopic (exact) mass is 193 g/mol. The Morgan fingerprint density at radius 2 is 2.36 bits per heavy atom. The van der Waals surface area contributed by atoms with Gasteiger partial charge in [-0.25, -0.2) is 4.98 Å². The van der Waals surface area contributed by atoms with Gasteiger partial charge in [-0.3, -0.25) is 9.69 Å². The fraction of sp³-hybridized carbons (Fsp3) is 0.400. The average molecular weight is 193 g/mol. The second-order valence-corrected chi connectivity index (χ2v) is 2.92. The molecule has 0 aliphatic carbocycles. The van der Waals surface area contributed by atoms with E-state index in [2.05, 4.69) is 10.3 Å². The van der Waals surface area contributed by atoms with E-state index in [0.29, 0.717) is 12.4 Å². The van der Waals surface area contributed by atoms with Gasteiger partial charge >= 0.3 is 0 Å². The topological polar surface area (TPSA) is 45.2 Å². The van der Waals surface area contributed by atoms with Gasteiger partial charge in [0.05, 0.1) is 6.54 Å². The Hall–Kier alpha value is -1.42. The second-order valence-electron chi connectivity index (χ2n) is 2.92. The third-order valence-corrected chi connectivity index (χ3v) is 1.89. The van der Waals surface area contributed by atoms with Crippen LogP contribution in [0, 0.1) is 0 Å². The van der Waals surface area contributed by atoms with Crippen molar-refractivity contribution < 1.29 is 4.79 Å². The van der Waals surface area contributed by atoms with Crippen LogP contribution in [0.2, 0.25) is 0 Å². The van der Waals surface area contributed by atoms with Gasteiger partial charge in [-0.1, -0.05) is 13.0 Å². The molecule has 1 aromatic rings. The lowest BCUT2D eigenvalue weighted by Gasteiger charge is -2.15. The van der Waals surface area contributed by atoms with Crippen LogP contribution in [0.15, 0.2) is 24.4 Å². The number of amides is 1. The van der Waals surface area contributed by atoms with Gasteiger partial charge in [0.1, 0.15) is 5.82 Å². The van der Waals surface area contributed by atoms with E-state index in [0.717, 1.165) is 6.54 Å². The van der Waals surface area contributed by atoms with Crippen molar-refractivity contribution in [1.82, 2.24) is 10.3 Å². The number of hydrogen-bond acceptors (Lipinski definition) is 3. The van der Waals surface area contributed by atoms with E-state index in [4.69, 9.17) is 0 Å². The fourth-order valence-electron chi connectivity index (χ4n) is 1.03. The molecule has 0 fully saturated rings. The van der Waals surface area contributed by atoms with Crippen LogP contribution in [0.1, 0.15) is 6.92 Å². The first kappa shape index (κ1) is 10.7. The first-order valence-corrected chi connectivity index (χ1v) is 4.64. The number of aromatic nitrogens is 1. The number of nitrogens with one attached hydrogen (secondary N) is 1. The van der Waals surface area contributed by atoms with E-state index in [-0.39, 0.29) is 5.91 Å². The average Bonchev–Trinajstić information content (AvgIpc) is 2.26. The minimum Gasteiger partial charge on any atom is -0.309 e. The molecule has 0 aliphatic rings. The van der Waals surface area contributed by atoms with E-state index in [1.54, 1.807) is 18.1 Å². The molecule has 0 radical (unpaired) electrons. The molecule has 76 valence electrons. The van der Waals surface area contributed by atoms with Crippen molar-refractivity contribution in [2.75, 3.05) is 25.0 Å². The van der Waals surface area contributed by atoms with Gasteiger partial charge in [-0.15, -0.1) is 0 Å². The summed E-state index contributed by atoms with van der Waals surface area (Å²) in [5.41, 5.74) is 0. The molecule has 0 saturated carbocycles. The van der Waals surface area contributed by atoms with Crippen LogP contribution in [0.5, 0.6) is 0 Å². The molecule has 0 aromatic carbocycles. The Bertz CT molecular complexity index is 287. The molecule has 1 heterocycles. The molecule has 1 rings (SSSR count). The summed E-state index contributed by atoms with van der Waals surface area (Å²) in [6.07, 6.45) is 1.67. The second kappa shape index (κ2) is 5.34. The van der Waals surface area contributed by atoms with Crippen LogP contribution in [0.25, 0.3) is 0 Å². The predicted octanol–water partition coefficient (Wildman–Crippen LogP) is 0.654. The highest BCUT2D eigenvalue weighted by atomic mass is 16.2. The number of likely N-dealkylation sites (N-methyl/N-ethyl adjacent to an activating group) is 2. The van der Waals surface area contributed by atoms with Crippen LogP contribution in [0.3, 0.4) is 0 Å². The summed E-state index contributed by atoms with van der Waals surface area (Å²) < 4.78 is 0. The van der Waals surface area contributed by atoms with Crippen LogP contribution in [0.4, 0.5) is 5.82 Å². The van der Waals surface area contributed by atoms with E-state index in [1.807, 2.05) is 25.1 Å². The summed E-state index contributed by atoms with van der Waals surface area (Å²) in [6.45, 7) is 3.11. The van der Waals surface area contributed by atoms with Gasteiger partial charge in [0.25, 0.3) is 0 Å². The number of carbonyl (C=O) groups excluding carboxylic acids is 1. The molecule has 1 aromatic heterocycles. The lowest BCUT2D eigenvalue weighted by molar-refractivity contribution is -0.117. The highest BCUT2D eigenvalue weighted by Gasteiger charge is 2.09. The molecule has 0 saturated heterocycles. The van der Waals surface area contributed by atoms with Crippen molar-refractivity contribution in [2.24, 2.45) is 0 Å². The molecule has 0 unspecified atom stereocenters. The van der Waals surface area contributed by atoms with Crippen molar-refractivity contribution in [3.8, 4) is 0 Å². The molecule has 0 aliphatic heterocycles. The van der Waals surface area contributed by atoms with Gasteiger partial charge in [-0.05, 0) is 18.7 Å². The number of hydrogen-bond donors (Lipinski definition) is 1. The molecule has 1 N–H and O–H groups in total. The Morgan fingerprint density at radius 1 is 1.57 bits per heavy atom.